The van der Waals surface area contributed by atoms with Gasteiger partial charge < -0.3 is 10.6 Å². The number of rotatable bonds is 3. The minimum absolute atomic E-state index is 0.00161. The Morgan fingerprint density at radius 3 is 3.00 bits per heavy atom. The standard InChI is InChI=1S/C16H21N5O/c1-11-7-14(21-10-17-9-19-21)3-4-15(11)16(22)20-13-5-6-18-12(2)8-13/h3-4,7,9-10,12-13,18H,5-6,8H2,1-2H3,(H,20,22). The highest BCUT2D eigenvalue weighted by Crippen LogP contribution is 2.15. The summed E-state index contributed by atoms with van der Waals surface area (Å²) in [5.74, 6) is 0.00161. The topological polar surface area (TPSA) is 71.8 Å². The molecule has 0 aliphatic carbocycles. The summed E-state index contributed by atoms with van der Waals surface area (Å²) < 4.78 is 1.68. The summed E-state index contributed by atoms with van der Waals surface area (Å²) in [6.07, 6.45) is 5.09. The van der Waals surface area contributed by atoms with E-state index in [1.54, 1.807) is 11.0 Å². The maximum atomic E-state index is 12.5. The zero-order chi connectivity index (χ0) is 15.5. The van der Waals surface area contributed by atoms with Crippen molar-refractivity contribution in [1.82, 2.24) is 25.4 Å². The van der Waals surface area contributed by atoms with Gasteiger partial charge in [0.05, 0.1) is 5.69 Å². The van der Waals surface area contributed by atoms with Gasteiger partial charge in [-0.1, -0.05) is 0 Å². The van der Waals surface area contributed by atoms with E-state index in [2.05, 4.69) is 27.6 Å². The third kappa shape index (κ3) is 3.17. The number of aryl methyl sites for hydroxylation is 1. The van der Waals surface area contributed by atoms with E-state index in [4.69, 9.17) is 0 Å². The van der Waals surface area contributed by atoms with Gasteiger partial charge in [0.15, 0.2) is 0 Å². The van der Waals surface area contributed by atoms with Crippen molar-refractivity contribution < 1.29 is 4.79 Å². The van der Waals surface area contributed by atoms with Crippen LogP contribution in [0, 0.1) is 6.92 Å². The maximum Gasteiger partial charge on any atom is 0.251 e. The van der Waals surface area contributed by atoms with Crippen LogP contribution < -0.4 is 10.6 Å². The van der Waals surface area contributed by atoms with Gasteiger partial charge in [0.1, 0.15) is 12.7 Å². The number of piperidine rings is 1. The smallest absolute Gasteiger partial charge is 0.251 e. The molecule has 0 radical (unpaired) electrons. The van der Waals surface area contributed by atoms with E-state index in [0.29, 0.717) is 6.04 Å². The molecular formula is C16H21N5O. The summed E-state index contributed by atoms with van der Waals surface area (Å²) in [7, 11) is 0. The van der Waals surface area contributed by atoms with Crippen LogP contribution in [0.5, 0.6) is 0 Å². The van der Waals surface area contributed by atoms with Crippen LogP contribution in [0.1, 0.15) is 35.7 Å². The van der Waals surface area contributed by atoms with Gasteiger partial charge in [-0.05, 0) is 57.0 Å². The molecule has 1 saturated heterocycles. The van der Waals surface area contributed by atoms with Gasteiger partial charge >= 0.3 is 0 Å². The molecule has 1 fully saturated rings. The summed E-state index contributed by atoms with van der Waals surface area (Å²) in [6.45, 7) is 5.05. The lowest BCUT2D eigenvalue weighted by Gasteiger charge is -2.28. The fourth-order valence-corrected chi connectivity index (χ4v) is 2.91. The molecule has 1 aromatic heterocycles. The third-order valence-electron chi connectivity index (χ3n) is 4.10. The van der Waals surface area contributed by atoms with Gasteiger partial charge in [0.2, 0.25) is 0 Å². The van der Waals surface area contributed by atoms with E-state index in [-0.39, 0.29) is 11.9 Å². The van der Waals surface area contributed by atoms with Gasteiger partial charge in [-0.25, -0.2) is 9.67 Å². The van der Waals surface area contributed by atoms with E-state index in [9.17, 15) is 4.79 Å². The SMILES string of the molecule is Cc1cc(-n2cncn2)ccc1C(=O)NC1CCNC(C)C1. The number of carbonyl (C=O) groups excluding carboxylic acids is 1. The van der Waals surface area contributed by atoms with E-state index < -0.39 is 0 Å². The van der Waals surface area contributed by atoms with E-state index in [0.717, 1.165) is 36.2 Å². The Bertz CT molecular complexity index is 653. The summed E-state index contributed by atoms with van der Waals surface area (Å²) in [6, 6.07) is 6.40. The molecule has 0 bridgehead atoms. The molecule has 116 valence electrons. The van der Waals surface area contributed by atoms with Crippen molar-refractivity contribution in [2.24, 2.45) is 0 Å². The molecule has 1 aliphatic rings. The zero-order valence-electron chi connectivity index (χ0n) is 12.9. The fourth-order valence-electron chi connectivity index (χ4n) is 2.91. The first-order valence-electron chi connectivity index (χ1n) is 7.63. The average Bonchev–Trinajstić information content (AvgIpc) is 3.01. The number of hydrogen-bond donors (Lipinski definition) is 2. The highest BCUT2D eigenvalue weighted by Gasteiger charge is 2.21. The second kappa shape index (κ2) is 6.27. The molecule has 1 aliphatic heterocycles. The van der Waals surface area contributed by atoms with Crippen molar-refractivity contribution in [2.75, 3.05) is 6.54 Å². The largest absolute Gasteiger partial charge is 0.349 e. The van der Waals surface area contributed by atoms with E-state index in [1.165, 1.54) is 6.33 Å². The summed E-state index contributed by atoms with van der Waals surface area (Å²) in [5, 5.41) is 10.6. The van der Waals surface area contributed by atoms with E-state index in [1.807, 2.05) is 25.1 Å². The van der Waals surface area contributed by atoms with Crippen molar-refractivity contribution in [3.8, 4) is 5.69 Å². The highest BCUT2D eigenvalue weighted by atomic mass is 16.1. The summed E-state index contributed by atoms with van der Waals surface area (Å²) in [5.41, 5.74) is 2.56. The van der Waals surface area contributed by atoms with Crippen LogP contribution in [0.15, 0.2) is 30.9 Å². The van der Waals surface area contributed by atoms with Crippen LogP contribution in [-0.2, 0) is 0 Å². The van der Waals surface area contributed by atoms with Gasteiger partial charge in [-0.15, -0.1) is 0 Å². The molecule has 6 heteroatoms. The number of benzene rings is 1. The first-order valence-corrected chi connectivity index (χ1v) is 7.63. The van der Waals surface area contributed by atoms with E-state index >= 15 is 0 Å². The van der Waals surface area contributed by atoms with Crippen molar-refractivity contribution in [1.29, 1.82) is 0 Å². The Labute approximate surface area is 129 Å². The average molecular weight is 299 g/mol. The Morgan fingerprint density at radius 1 is 1.45 bits per heavy atom. The Hall–Kier alpha value is -2.21. The molecule has 0 saturated carbocycles. The van der Waals surface area contributed by atoms with Gasteiger partial charge in [0.25, 0.3) is 5.91 Å². The lowest BCUT2D eigenvalue weighted by atomic mass is 9.99. The van der Waals surface area contributed by atoms with Crippen LogP contribution >= 0.6 is 0 Å². The predicted octanol–water partition coefficient (Wildman–Crippen LogP) is 1.45. The van der Waals surface area contributed by atoms with Gasteiger partial charge in [-0.3, -0.25) is 4.79 Å². The first kappa shape index (κ1) is 14.7. The third-order valence-corrected chi connectivity index (χ3v) is 4.10. The molecule has 1 amide bonds. The zero-order valence-corrected chi connectivity index (χ0v) is 12.9. The molecule has 6 nitrogen and oxygen atoms in total. The maximum absolute atomic E-state index is 12.5. The van der Waals surface area contributed by atoms with Crippen LogP contribution in [0.3, 0.4) is 0 Å². The Balaban J connectivity index is 1.72. The number of amides is 1. The van der Waals surface area contributed by atoms with Crippen LogP contribution in [-0.4, -0.2) is 39.3 Å². The number of hydrogen-bond acceptors (Lipinski definition) is 4. The van der Waals surface area contributed by atoms with Gasteiger partial charge in [-0.2, -0.15) is 5.10 Å². The Kier molecular flexibility index (Phi) is 4.20. The minimum atomic E-state index is 0.00161. The molecule has 3 rings (SSSR count). The van der Waals surface area contributed by atoms with Crippen LogP contribution in [0.4, 0.5) is 0 Å². The molecule has 2 aromatic rings. The van der Waals surface area contributed by atoms with Gasteiger partial charge in [0, 0.05) is 17.6 Å². The predicted molar refractivity (Wildman–Crippen MR) is 84.0 cm³/mol. The second-order valence-electron chi connectivity index (χ2n) is 5.89. The lowest BCUT2D eigenvalue weighted by Crippen LogP contribution is -2.46. The van der Waals surface area contributed by atoms with Crippen molar-refractivity contribution in [3.05, 3.63) is 42.0 Å². The minimum Gasteiger partial charge on any atom is -0.349 e. The molecule has 2 N–H and O–H groups in total. The monoisotopic (exact) mass is 299 g/mol. The molecule has 1 aromatic carbocycles. The van der Waals surface area contributed by atoms with Crippen molar-refractivity contribution in [3.63, 3.8) is 0 Å². The number of nitrogens with zero attached hydrogens (tertiary/aromatic N) is 3. The second-order valence-corrected chi connectivity index (χ2v) is 5.89. The Morgan fingerprint density at radius 2 is 2.32 bits per heavy atom. The molecular weight excluding hydrogens is 278 g/mol. The summed E-state index contributed by atoms with van der Waals surface area (Å²) >= 11 is 0. The van der Waals surface area contributed by atoms with Crippen LogP contribution in [0.2, 0.25) is 0 Å². The molecule has 2 unspecified atom stereocenters. The molecule has 2 atom stereocenters. The fraction of sp³-hybridized carbons (Fsp3) is 0.438. The van der Waals surface area contributed by atoms with Crippen LogP contribution in [0.25, 0.3) is 5.69 Å². The molecule has 2 heterocycles. The van der Waals surface area contributed by atoms with Crippen molar-refractivity contribution in [2.45, 2.75) is 38.8 Å². The summed E-state index contributed by atoms with van der Waals surface area (Å²) in [4.78, 5) is 16.4. The number of aromatic nitrogens is 3. The van der Waals surface area contributed by atoms with Crippen molar-refractivity contribution >= 4 is 5.91 Å². The molecule has 0 spiro atoms. The normalized spacial score (nSPS) is 21.5. The first-order chi connectivity index (χ1) is 10.6. The molecule has 22 heavy (non-hydrogen) atoms. The highest BCUT2D eigenvalue weighted by molar-refractivity contribution is 5.96. The number of nitrogens with one attached hydrogen (secondary N) is 2. The quantitative estimate of drug-likeness (QED) is 0.900. The number of carbonyl (C=O) groups is 1. The lowest BCUT2D eigenvalue weighted by molar-refractivity contribution is 0.0925.